The first-order valence-electron chi connectivity index (χ1n) is 5.24. The van der Waals surface area contributed by atoms with E-state index in [1.165, 1.54) is 6.42 Å². The summed E-state index contributed by atoms with van der Waals surface area (Å²) < 4.78 is 5.61. The fraction of sp³-hybridized carbons (Fsp3) is 0.667. The van der Waals surface area contributed by atoms with Crippen LogP contribution in [-0.2, 0) is 4.74 Å². The monoisotopic (exact) mass is 182 g/mol. The fourth-order valence-corrected chi connectivity index (χ4v) is 1.07. The number of unbranched alkanes of at least 4 members (excludes halogenated alkanes) is 2. The molecule has 0 atom stereocenters. The van der Waals surface area contributed by atoms with Crippen molar-refractivity contribution in [2.24, 2.45) is 0 Å². The van der Waals surface area contributed by atoms with Gasteiger partial charge in [-0.05, 0) is 32.3 Å². The van der Waals surface area contributed by atoms with Gasteiger partial charge in [0, 0.05) is 6.42 Å². The summed E-state index contributed by atoms with van der Waals surface area (Å²) in [5.41, 5.74) is 0. The molecule has 0 aromatic heterocycles. The SMILES string of the molecule is C=CCCC/C(=C/C)OCCCC. The quantitative estimate of drug-likeness (QED) is 0.312. The number of hydrogen-bond acceptors (Lipinski definition) is 1. The largest absolute Gasteiger partial charge is 0.498 e. The van der Waals surface area contributed by atoms with Crippen LogP contribution >= 0.6 is 0 Å². The third-order valence-corrected chi connectivity index (χ3v) is 1.94. The van der Waals surface area contributed by atoms with Crippen LogP contribution < -0.4 is 0 Å². The lowest BCUT2D eigenvalue weighted by molar-refractivity contribution is 0.196. The van der Waals surface area contributed by atoms with Gasteiger partial charge in [0.05, 0.1) is 12.4 Å². The molecule has 0 heterocycles. The number of rotatable bonds is 8. The first-order valence-corrected chi connectivity index (χ1v) is 5.24. The minimum Gasteiger partial charge on any atom is -0.498 e. The van der Waals surface area contributed by atoms with Gasteiger partial charge in [-0.3, -0.25) is 0 Å². The van der Waals surface area contributed by atoms with Gasteiger partial charge in [0.25, 0.3) is 0 Å². The molecule has 0 aliphatic heterocycles. The summed E-state index contributed by atoms with van der Waals surface area (Å²) in [6.07, 6.45) is 9.65. The van der Waals surface area contributed by atoms with Crippen LogP contribution in [0.3, 0.4) is 0 Å². The second-order valence-corrected chi connectivity index (χ2v) is 3.14. The summed E-state index contributed by atoms with van der Waals surface area (Å²) in [4.78, 5) is 0. The molecule has 0 aromatic carbocycles. The van der Waals surface area contributed by atoms with Crippen LogP contribution in [0.1, 0.15) is 46.0 Å². The molecule has 0 radical (unpaired) electrons. The van der Waals surface area contributed by atoms with E-state index >= 15 is 0 Å². The fourth-order valence-electron chi connectivity index (χ4n) is 1.07. The normalized spacial score (nSPS) is 11.4. The summed E-state index contributed by atoms with van der Waals surface area (Å²) in [6, 6.07) is 0. The summed E-state index contributed by atoms with van der Waals surface area (Å²) in [6.45, 7) is 8.78. The summed E-state index contributed by atoms with van der Waals surface area (Å²) in [7, 11) is 0. The highest BCUT2D eigenvalue weighted by Gasteiger charge is 1.95. The Morgan fingerprint density at radius 1 is 1.38 bits per heavy atom. The van der Waals surface area contributed by atoms with E-state index in [-0.39, 0.29) is 0 Å². The third-order valence-electron chi connectivity index (χ3n) is 1.94. The van der Waals surface area contributed by atoms with Gasteiger partial charge in [0.2, 0.25) is 0 Å². The van der Waals surface area contributed by atoms with Crippen molar-refractivity contribution in [3.05, 3.63) is 24.5 Å². The molecule has 1 heteroatoms. The first-order chi connectivity index (χ1) is 6.35. The number of ether oxygens (including phenoxy) is 1. The molecule has 0 bridgehead atoms. The maximum atomic E-state index is 5.61. The lowest BCUT2D eigenvalue weighted by Crippen LogP contribution is -1.94. The van der Waals surface area contributed by atoms with Crippen molar-refractivity contribution in [3.63, 3.8) is 0 Å². The lowest BCUT2D eigenvalue weighted by Gasteiger charge is -2.08. The van der Waals surface area contributed by atoms with Crippen LogP contribution in [0, 0.1) is 0 Å². The van der Waals surface area contributed by atoms with Crippen molar-refractivity contribution >= 4 is 0 Å². The number of allylic oxidation sites excluding steroid dienone is 3. The molecule has 0 saturated carbocycles. The van der Waals surface area contributed by atoms with E-state index in [0.717, 1.165) is 38.0 Å². The van der Waals surface area contributed by atoms with E-state index < -0.39 is 0 Å². The second-order valence-electron chi connectivity index (χ2n) is 3.14. The van der Waals surface area contributed by atoms with Crippen LogP contribution in [0.4, 0.5) is 0 Å². The first kappa shape index (κ1) is 12.3. The second kappa shape index (κ2) is 9.37. The Kier molecular flexibility index (Phi) is 8.85. The summed E-state index contributed by atoms with van der Waals surface area (Å²) >= 11 is 0. The Labute approximate surface area is 82.5 Å². The molecule has 0 unspecified atom stereocenters. The Morgan fingerprint density at radius 3 is 2.69 bits per heavy atom. The van der Waals surface area contributed by atoms with Crippen LogP contribution in [0.2, 0.25) is 0 Å². The molecular formula is C12H22O. The van der Waals surface area contributed by atoms with E-state index in [9.17, 15) is 0 Å². The molecule has 0 amide bonds. The van der Waals surface area contributed by atoms with Crippen molar-refractivity contribution in [2.75, 3.05) is 6.61 Å². The van der Waals surface area contributed by atoms with Crippen LogP contribution in [-0.4, -0.2) is 6.61 Å². The Morgan fingerprint density at radius 2 is 2.15 bits per heavy atom. The zero-order valence-corrected chi connectivity index (χ0v) is 9.01. The standard InChI is InChI=1S/C12H22O/c1-4-7-9-10-12(6-3)13-11-8-5-2/h4,6H,1,5,7-11H2,2-3H3/b12-6-. The van der Waals surface area contributed by atoms with E-state index in [1.807, 2.05) is 13.0 Å². The highest BCUT2D eigenvalue weighted by molar-refractivity contribution is 4.90. The molecule has 0 aliphatic carbocycles. The molecule has 0 spiro atoms. The Bertz CT molecular complexity index is 147. The zero-order chi connectivity index (χ0) is 9.94. The van der Waals surface area contributed by atoms with E-state index in [4.69, 9.17) is 4.74 Å². The van der Waals surface area contributed by atoms with Gasteiger partial charge >= 0.3 is 0 Å². The maximum Gasteiger partial charge on any atom is 0.0917 e. The van der Waals surface area contributed by atoms with E-state index in [2.05, 4.69) is 19.6 Å². The van der Waals surface area contributed by atoms with Gasteiger partial charge in [0.1, 0.15) is 0 Å². The molecule has 13 heavy (non-hydrogen) atoms. The van der Waals surface area contributed by atoms with Gasteiger partial charge in [-0.15, -0.1) is 6.58 Å². The van der Waals surface area contributed by atoms with Crippen molar-refractivity contribution in [2.45, 2.75) is 46.0 Å². The average molecular weight is 182 g/mol. The Hall–Kier alpha value is -0.720. The molecule has 0 rings (SSSR count). The molecule has 0 fully saturated rings. The van der Waals surface area contributed by atoms with Crippen molar-refractivity contribution in [3.8, 4) is 0 Å². The average Bonchev–Trinajstić information content (AvgIpc) is 2.16. The minimum atomic E-state index is 0.865. The summed E-state index contributed by atoms with van der Waals surface area (Å²) in [5, 5.41) is 0. The predicted octanol–water partition coefficient (Wildman–Crippen LogP) is 4.06. The topological polar surface area (TPSA) is 9.23 Å². The predicted molar refractivity (Wildman–Crippen MR) is 58.7 cm³/mol. The molecular weight excluding hydrogens is 160 g/mol. The molecule has 0 N–H and O–H groups in total. The molecule has 0 aliphatic rings. The third kappa shape index (κ3) is 7.63. The van der Waals surface area contributed by atoms with Crippen molar-refractivity contribution < 1.29 is 4.74 Å². The molecule has 0 aromatic rings. The Balaban J connectivity index is 3.46. The van der Waals surface area contributed by atoms with Gasteiger partial charge in [0.15, 0.2) is 0 Å². The summed E-state index contributed by atoms with van der Waals surface area (Å²) in [5.74, 6) is 1.13. The van der Waals surface area contributed by atoms with Crippen LogP contribution in [0.25, 0.3) is 0 Å². The number of hydrogen-bond donors (Lipinski definition) is 0. The van der Waals surface area contributed by atoms with Crippen molar-refractivity contribution in [1.82, 2.24) is 0 Å². The van der Waals surface area contributed by atoms with Crippen molar-refractivity contribution in [1.29, 1.82) is 0 Å². The van der Waals surface area contributed by atoms with Gasteiger partial charge in [-0.1, -0.05) is 19.4 Å². The zero-order valence-electron chi connectivity index (χ0n) is 9.01. The maximum absolute atomic E-state index is 5.61. The van der Waals surface area contributed by atoms with Gasteiger partial charge in [-0.2, -0.15) is 0 Å². The van der Waals surface area contributed by atoms with Crippen LogP contribution in [0.15, 0.2) is 24.5 Å². The van der Waals surface area contributed by atoms with Crippen LogP contribution in [0.5, 0.6) is 0 Å². The lowest BCUT2D eigenvalue weighted by atomic mass is 10.2. The highest BCUT2D eigenvalue weighted by Crippen LogP contribution is 2.09. The smallest absolute Gasteiger partial charge is 0.0917 e. The van der Waals surface area contributed by atoms with E-state index in [1.54, 1.807) is 0 Å². The van der Waals surface area contributed by atoms with Gasteiger partial charge < -0.3 is 4.74 Å². The molecule has 76 valence electrons. The van der Waals surface area contributed by atoms with E-state index in [0.29, 0.717) is 0 Å². The molecule has 1 nitrogen and oxygen atoms in total. The molecule has 0 saturated heterocycles. The highest BCUT2D eigenvalue weighted by atomic mass is 16.5. The van der Waals surface area contributed by atoms with Gasteiger partial charge in [-0.25, -0.2) is 0 Å². The minimum absolute atomic E-state index is 0.865.